The van der Waals surface area contributed by atoms with Gasteiger partial charge in [-0.2, -0.15) is 4.98 Å². The number of benzene rings is 1. The Morgan fingerprint density at radius 2 is 2.06 bits per heavy atom. The quantitative estimate of drug-likeness (QED) is 0.875. The molecule has 1 aliphatic carbocycles. The number of nitrogens with one attached hydrogen (secondary N) is 1. The lowest BCUT2D eigenvalue weighted by atomic mass is 9.86. The molecule has 0 atom stereocenters. The van der Waals surface area contributed by atoms with E-state index in [4.69, 9.17) is 10.2 Å². The van der Waals surface area contributed by atoms with Gasteiger partial charge in [0.25, 0.3) is 6.01 Å². The molecule has 1 fully saturated rings. The van der Waals surface area contributed by atoms with Crippen LogP contribution in [0.4, 0.5) is 6.01 Å². The zero-order valence-corrected chi connectivity index (χ0v) is 10.4. The number of oxazole rings is 1. The van der Waals surface area contributed by atoms with Crippen LogP contribution in [0.1, 0.15) is 27.1 Å². The van der Waals surface area contributed by atoms with E-state index < -0.39 is 0 Å². The van der Waals surface area contributed by atoms with Crippen LogP contribution in [0.15, 0.2) is 28.7 Å². The summed E-state index contributed by atoms with van der Waals surface area (Å²) < 4.78 is 5.68. The van der Waals surface area contributed by atoms with Crippen molar-refractivity contribution in [3.63, 3.8) is 0 Å². The number of para-hydroxylation sites is 2. The summed E-state index contributed by atoms with van der Waals surface area (Å²) in [4.78, 5) is 4.44. The summed E-state index contributed by atoms with van der Waals surface area (Å²) in [5.41, 5.74) is 7.46. The minimum atomic E-state index is 0. The Bertz CT molecular complexity index is 487. The summed E-state index contributed by atoms with van der Waals surface area (Å²) in [6, 6.07) is 8.96. The average Bonchev–Trinajstić information content (AvgIpc) is 2.82. The van der Waals surface area contributed by atoms with Crippen LogP contribution in [0.3, 0.4) is 0 Å². The Hall–Kier alpha value is -1.55. The third-order valence-electron chi connectivity index (χ3n) is 3.80. The fraction of sp³-hybridized carbons (Fsp3) is 0.500. The summed E-state index contributed by atoms with van der Waals surface area (Å²) in [6.07, 6.45) is 4.71. The molecule has 1 aliphatic rings. The first-order valence-corrected chi connectivity index (χ1v) is 6.67. The maximum atomic E-state index is 5.70. The van der Waals surface area contributed by atoms with Crippen molar-refractivity contribution in [2.45, 2.75) is 31.7 Å². The lowest BCUT2D eigenvalue weighted by molar-refractivity contribution is 0.341. The predicted molar refractivity (Wildman–Crippen MR) is 74.5 cm³/mol. The molecule has 0 radical (unpaired) electrons. The lowest BCUT2D eigenvalue weighted by Gasteiger charge is -2.27. The van der Waals surface area contributed by atoms with E-state index in [9.17, 15) is 0 Å². The van der Waals surface area contributed by atoms with Crippen molar-refractivity contribution in [1.82, 2.24) is 4.98 Å². The van der Waals surface area contributed by atoms with Crippen LogP contribution in [0.2, 0.25) is 0 Å². The minimum absolute atomic E-state index is 0. The Morgan fingerprint density at radius 1 is 1.28 bits per heavy atom. The molecule has 98 valence electrons. The van der Waals surface area contributed by atoms with Gasteiger partial charge in [0.2, 0.25) is 0 Å². The number of aromatic nitrogens is 1. The van der Waals surface area contributed by atoms with Crippen LogP contribution in [-0.4, -0.2) is 17.6 Å². The molecule has 3 N–H and O–H groups in total. The third kappa shape index (κ3) is 2.34. The molecular formula is C14H21N3O. The van der Waals surface area contributed by atoms with Crippen molar-refractivity contribution in [2.24, 2.45) is 11.7 Å². The largest absolute Gasteiger partial charge is 0.424 e. The van der Waals surface area contributed by atoms with Gasteiger partial charge in [0.1, 0.15) is 5.52 Å². The monoisotopic (exact) mass is 247 g/mol. The highest BCUT2D eigenvalue weighted by Crippen LogP contribution is 2.26. The minimum Gasteiger partial charge on any atom is -0.424 e. The summed E-state index contributed by atoms with van der Waals surface area (Å²) in [7, 11) is 0. The van der Waals surface area contributed by atoms with E-state index in [1.54, 1.807) is 0 Å². The van der Waals surface area contributed by atoms with Crippen molar-refractivity contribution < 1.29 is 5.84 Å². The van der Waals surface area contributed by atoms with Crippen LogP contribution in [0.25, 0.3) is 11.1 Å². The second kappa shape index (κ2) is 4.98. The van der Waals surface area contributed by atoms with Crippen molar-refractivity contribution in [3.05, 3.63) is 24.3 Å². The maximum absolute atomic E-state index is 5.70. The first-order valence-electron chi connectivity index (χ1n) is 6.67. The standard InChI is InChI=1S/C14H19N3O.H2/c15-9-10-5-7-11(8-6-10)16-14-17-12-3-1-2-4-13(12)18-14;/h1-4,10-11H,5-9,15H2,(H,16,17);1H. The average molecular weight is 247 g/mol. The molecule has 2 aromatic rings. The fourth-order valence-electron chi connectivity index (χ4n) is 2.65. The number of anilines is 1. The van der Waals surface area contributed by atoms with E-state index in [-0.39, 0.29) is 1.43 Å². The van der Waals surface area contributed by atoms with Gasteiger partial charge in [-0.15, -0.1) is 0 Å². The van der Waals surface area contributed by atoms with Gasteiger partial charge in [0, 0.05) is 7.47 Å². The molecule has 1 heterocycles. The van der Waals surface area contributed by atoms with Crippen molar-refractivity contribution in [1.29, 1.82) is 0 Å². The van der Waals surface area contributed by atoms with Crippen LogP contribution in [0, 0.1) is 5.92 Å². The highest BCUT2D eigenvalue weighted by Gasteiger charge is 2.21. The van der Waals surface area contributed by atoms with Crippen LogP contribution in [0.5, 0.6) is 0 Å². The Labute approximate surface area is 108 Å². The van der Waals surface area contributed by atoms with Gasteiger partial charge in [-0.25, -0.2) is 0 Å². The van der Waals surface area contributed by atoms with E-state index in [1.807, 2.05) is 24.3 Å². The molecule has 0 bridgehead atoms. The van der Waals surface area contributed by atoms with E-state index in [1.165, 1.54) is 12.8 Å². The van der Waals surface area contributed by atoms with Gasteiger partial charge in [-0.05, 0) is 50.3 Å². The van der Waals surface area contributed by atoms with E-state index in [2.05, 4.69) is 10.3 Å². The highest BCUT2D eigenvalue weighted by molar-refractivity contribution is 5.74. The first-order chi connectivity index (χ1) is 8.85. The topological polar surface area (TPSA) is 64.1 Å². The molecule has 1 aromatic carbocycles. The number of nitrogens with zero attached hydrogens (tertiary/aromatic N) is 1. The Balaban J connectivity index is 0.00000133. The smallest absolute Gasteiger partial charge is 0.295 e. The molecule has 1 saturated carbocycles. The summed E-state index contributed by atoms with van der Waals surface area (Å²) in [5, 5.41) is 3.40. The second-order valence-electron chi connectivity index (χ2n) is 5.08. The van der Waals surface area contributed by atoms with Crippen molar-refractivity contribution >= 4 is 17.1 Å². The number of hydrogen-bond donors (Lipinski definition) is 2. The Kier molecular flexibility index (Phi) is 3.19. The molecule has 0 unspecified atom stereocenters. The first kappa shape index (κ1) is 11.5. The van der Waals surface area contributed by atoms with E-state index in [0.29, 0.717) is 18.0 Å². The summed E-state index contributed by atoms with van der Waals surface area (Å²) in [6.45, 7) is 0.815. The molecule has 4 heteroatoms. The molecule has 18 heavy (non-hydrogen) atoms. The van der Waals surface area contributed by atoms with Gasteiger partial charge in [-0.3, -0.25) is 0 Å². The Morgan fingerprint density at radius 3 is 2.78 bits per heavy atom. The molecule has 0 spiro atoms. The maximum Gasteiger partial charge on any atom is 0.295 e. The summed E-state index contributed by atoms with van der Waals surface area (Å²) >= 11 is 0. The number of rotatable bonds is 3. The van der Waals surface area contributed by atoms with Gasteiger partial charge in [0.05, 0.1) is 0 Å². The molecule has 0 saturated heterocycles. The predicted octanol–water partition coefficient (Wildman–Crippen LogP) is 3.00. The summed E-state index contributed by atoms with van der Waals surface area (Å²) in [5.74, 6) is 0.701. The second-order valence-corrected chi connectivity index (χ2v) is 5.08. The van der Waals surface area contributed by atoms with Crippen molar-refractivity contribution in [2.75, 3.05) is 11.9 Å². The van der Waals surface area contributed by atoms with E-state index in [0.717, 1.165) is 30.5 Å². The van der Waals surface area contributed by atoms with Gasteiger partial charge >= 0.3 is 0 Å². The molecule has 0 amide bonds. The zero-order chi connectivity index (χ0) is 12.4. The van der Waals surface area contributed by atoms with Crippen LogP contribution < -0.4 is 11.1 Å². The number of hydrogen-bond acceptors (Lipinski definition) is 4. The third-order valence-corrected chi connectivity index (χ3v) is 3.80. The zero-order valence-electron chi connectivity index (χ0n) is 10.4. The lowest BCUT2D eigenvalue weighted by Crippen LogP contribution is -2.29. The van der Waals surface area contributed by atoms with Crippen LogP contribution >= 0.6 is 0 Å². The van der Waals surface area contributed by atoms with Gasteiger partial charge in [0.15, 0.2) is 5.58 Å². The van der Waals surface area contributed by atoms with Crippen molar-refractivity contribution in [3.8, 4) is 0 Å². The van der Waals surface area contributed by atoms with Gasteiger partial charge in [-0.1, -0.05) is 12.1 Å². The fourth-order valence-corrected chi connectivity index (χ4v) is 2.65. The number of fused-ring (bicyclic) bond motifs is 1. The molecule has 1 aromatic heterocycles. The normalized spacial score (nSPS) is 24.3. The van der Waals surface area contributed by atoms with Gasteiger partial charge < -0.3 is 15.5 Å². The van der Waals surface area contributed by atoms with Crippen LogP contribution in [-0.2, 0) is 0 Å². The molecule has 0 aliphatic heterocycles. The SMILES string of the molecule is NCC1CCC(Nc2nc3ccccc3o2)CC1.[HH]. The molecular weight excluding hydrogens is 226 g/mol. The van der Waals surface area contributed by atoms with E-state index >= 15 is 0 Å². The molecule has 4 nitrogen and oxygen atoms in total. The number of nitrogens with two attached hydrogens (primary N) is 1. The molecule has 3 rings (SSSR count). The highest BCUT2D eigenvalue weighted by atomic mass is 16.4.